The fourth-order valence-electron chi connectivity index (χ4n) is 2.33. The van der Waals surface area contributed by atoms with Crippen molar-refractivity contribution in [2.75, 3.05) is 0 Å². The van der Waals surface area contributed by atoms with Crippen LogP contribution in [0.1, 0.15) is 51.9 Å². The van der Waals surface area contributed by atoms with Gasteiger partial charge in [-0.1, -0.05) is 32.6 Å². The third kappa shape index (κ3) is 4.12. The topological polar surface area (TPSA) is 17.1 Å². The van der Waals surface area contributed by atoms with Crippen molar-refractivity contribution >= 4 is 16.8 Å². The Kier molecular flexibility index (Phi) is 4.79. The predicted octanol–water partition coefficient (Wildman–Crippen LogP) is 3.75. The lowest BCUT2D eigenvalue weighted by Gasteiger charge is -2.28. The average Bonchev–Trinajstić information content (AvgIpc) is 2.08. The van der Waals surface area contributed by atoms with Crippen LogP contribution in [0, 0.1) is 11.8 Å². The Morgan fingerprint density at radius 3 is 2.69 bits per heavy atom. The first-order valence-corrected chi connectivity index (χ1v) is 5.76. The zero-order valence-electron chi connectivity index (χ0n) is 8.39. The molecule has 0 heterocycles. The summed E-state index contributed by atoms with van der Waals surface area (Å²) in [5, 5.41) is -0.177. The Hall–Kier alpha value is -0.0400. The molecule has 0 N–H and O–H groups in total. The van der Waals surface area contributed by atoms with Gasteiger partial charge in [-0.05, 0) is 36.3 Å². The molecule has 0 radical (unpaired) electrons. The summed E-state index contributed by atoms with van der Waals surface area (Å²) in [7, 11) is 0. The lowest BCUT2D eigenvalue weighted by molar-refractivity contribution is -0.111. The molecule has 0 bridgehead atoms. The maximum atomic E-state index is 10.5. The summed E-state index contributed by atoms with van der Waals surface area (Å²) in [5.41, 5.74) is 0. The van der Waals surface area contributed by atoms with Crippen LogP contribution in [0.5, 0.6) is 0 Å². The van der Waals surface area contributed by atoms with Crippen molar-refractivity contribution in [2.24, 2.45) is 11.8 Å². The molecule has 0 aromatic heterocycles. The summed E-state index contributed by atoms with van der Waals surface area (Å²) in [6.45, 7) is 2.34. The molecule has 1 nitrogen and oxygen atoms in total. The number of hydrogen-bond donors (Lipinski definition) is 0. The second-order valence-corrected chi connectivity index (χ2v) is 4.69. The highest BCUT2D eigenvalue weighted by atomic mass is 35.5. The molecule has 1 saturated carbocycles. The smallest absolute Gasteiger partial charge is 0.221 e. The quantitative estimate of drug-likeness (QED) is 0.635. The summed E-state index contributed by atoms with van der Waals surface area (Å²) in [4.78, 5) is 10.5. The minimum absolute atomic E-state index is 0.177. The van der Waals surface area contributed by atoms with E-state index in [-0.39, 0.29) is 5.24 Å². The summed E-state index contributed by atoms with van der Waals surface area (Å²) in [5.74, 6) is 1.71. The lowest BCUT2D eigenvalue weighted by Crippen LogP contribution is -2.16. The minimum Gasteiger partial charge on any atom is -0.281 e. The van der Waals surface area contributed by atoms with Crippen molar-refractivity contribution in [2.45, 2.75) is 51.9 Å². The van der Waals surface area contributed by atoms with Crippen molar-refractivity contribution in [1.29, 1.82) is 0 Å². The first-order chi connectivity index (χ1) is 6.20. The SMILES string of the molecule is CC1CCCCC1CCCC(=O)Cl. The van der Waals surface area contributed by atoms with Crippen molar-refractivity contribution in [3.63, 3.8) is 0 Å². The average molecular weight is 203 g/mol. The monoisotopic (exact) mass is 202 g/mol. The highest BCUT2D eigenvalue weighted by Crippen LogP contribution is 2.32. The number of rotatable bonds is 4. The fraction of sp³-hybridized carbons (Fsp3) is 0.909. The van der Waals surface area contributed by atoms with Gasteiger partial charge in [0.1, 0.15) is 0 Å². The molecule has 0 spiro atoms. The van der Waals surface area contributed by atoms with Gasteiger partial charge < -0.3 is 0 Å². The molecule has 1 aliphatic rings. The van der Waals surface area contributed by atoms with Crippen LogP contribution < -0.4 is 0 Å². The van der Waals surface area contributed by atoms with Gasteiger partial charge in [0, 0.05) is 6.42 Å². The standard InChI is InChI=1S/C11H19ClO/c1-9-5-2-3-6-10(9)7-4-8-11(12)13/h9-10H,2-8H2,1H3. The molecule has 0 aliphatic heterocycles. The summed E-state index contributed by atoms with van der Waals surface area (Å²) >= 11 is 5.29. The molecule has 1 rings (SSSR count). The molecule has 2 unspecified atom stereocenters. The zero-order valence-corrected chi connectivity index (χ0v) is 9.15. The zero-order chi connectivity index (χ0) is 9.68. The van der Waals surface area contributed by atoms with Crippen LogP contribution in [0.25, 0.3) is 0 Å². The van der Waals surface area contributed by atoms with Crippen LogP contribution in [-0.4, -0.2) is 5.24 Å². The van der Waals surface area contributed by atoms with E-state index in [4.69, 9.17) is 11.6 Å². The molecule has 13 heavy (non-hydrogen) atoms. The first kappa shape index (κ1) is 11.0. The molecular formula is C11H19ClO. The van der Waals surface area contributed by atoms with Gasteiger partial charge >= 0.3 is 0 Å². The van der Waals surface area contributed by atoms with Crippen molar-refractivity contribution in [3.8, 4) is 0 Å². The van der Waals surface area contributed by atoms with Crippen LogP contribution in [0.3, 0.4) is 0 Å². The van der Waals surface area contributed by atoms with Crippen LogP contribution in [0.2, 0.25) is 0 Å². The molecule has 0 aromatic rings. The van der Waals surface area contributed by atoms with Gasteiger partial charge in [-0.2, -0.15) is 0 Å². The van der Waals surface area contributed by atoms with E-state index in [1.165, 1.54) is 32.1 Å². The third-order valence-electron chi connectivity index (χ3n) is 3.24. The van der Waals surface area contributed by atoms with E-state index in [2.05, 4.69) is 6.92 Å². The van der Waals surface area contributed by atoms with Gasteiger partial charge in [-0.15, -0.1) is 0 Å². The van der Waals surface area contributed by atoms with E-state index in [9.17, 15) is 4.79 Å². The van der Waals surface area contributed by atoms with Gasteiger partial charge in [0.15, 0.2) is 0 Å². The second kappa shape index (κ2) is 5.64. The van der Waals surface area contributed by atoms with Gasteiger partial charge in [-0.3, -0.25) is 4.79 Å². The van der Waals surface area contributed by atoms with Gasteiger partial charge in [-0.25, -0.2) is 0 Å². The van der Waals surface area contributed by atoms with Crippen molar-refractivity contribution < 1.29 is 4.79 Å². The maximum Gasteiger partial charge on any atom is 0.221 e. The number of carbonyl (C=O) groups is 1. The predicted molar refractivity (Wildman–Crippen MR) is 55.8 cm³/mol. The van der Waals surface area contributed by atoms with E-state index in [1.807, 2.05) is 0 Å². The Morgan fingerprint density at radius 1 is 1.38 bits per heavy atom. The molecule has 2 heteroatoms. The van der Waals surface area contributed by atoms with E-state index < -0.39 is 0 Å². The minimum atomic E-state index is -0.177. The molecule has 76 valence electrons. The number of carbonyl (C=O) groups excluding carboxylic acids is 1. The molecule has 0 aromatic carbocycles. The molecule has 0 amide bonds. The van der Waals surface area contributed by atoms with Crippen molar-refractivity contribution in [3.05, 3.63) is 0 Å². The van der Waals surface area contributed by atoms with Crippen LogP contribution in [0.4, 0.5) is 0 Å². The summed E-state index contributed by atoms with van der Waals surface area (Å²) in [6, 6.07) is 0. The second-order valence-electron chi connectivity index (χ2n) is 4.27. The van der Waals surface area contributed by atoms with E-state index in [0.29, 0.717) is 6.42 Å². The Balaban J connectivity index is 2.15. The highest BCUT2D eigenvalue weighted by molar-refractivity contribution is 6.63. The maximum absolute atomic E-state index is 10.5. The van der Waals surface area contributed by atoms with Gasteiger partial charge in [0.2, 0.25) is 5.24 Å². The molecular weight excluding hydrogens is 184 g/mol. The van der Waals surface area contributed by atoms with E-state index in [0.717, 1.165) is 18.3 Å². The van der Waals surface area contributed by atoms with Crippen LogP contribution in [0.15, 0.2) is 0 Å². The number of halogens is 1. The van der Waals surface area contributed by atoms with Crippen molar-refractivity contribution in [1.82, 2.24) is 0 Å². The summed E-state index contributed by atoms with van der Waals surface area (Å²) < 4.78 is 0. The van der Waals surface area contributed by atoms with Gasteiger partial charge in [0.25, 0.3) is 0 Å². The Bertz CT molecular complexity index is 167. The fourth-order valence-corrected chi connectivity index (χ4v) is 2.46. The molecule has 1 fully saturated rings. The van der Waals surface area contributed by atoms with E-state index >= 15 is 0 Å². The van der Waals surface area contributed by atoms with Gasteiger partial charge in [0.05, 0.1) is 0 Å². The van der Waals surface area contributed by atoms with Crippen LogP contribution in [-0.2, 0) is 4.79 Å². The third-order valence-corrected chi connectivity index (χ3v) is 3.43. The largest absolute Gasteiger partial charge is 0.281 e. The lowest BCUT2D eigenvalue weighted by atomic mass is 9.78. The molecule has 2 atom stereocenters. The van der Waals surface area contributed by atoms with Crippen LogP contribution >= 0.6 is 11.6 Å². The normalized spacial score (nSPS) is 28.8. The molecule has 1 aliphatic carbocycles. The van der Waals surface area contributed by atoms with E-state index in [1.54, 1.807) is 0 Å². The molecule has 0 saturated heterocycles. The summed E-state index contributed by atoms with van der Waals surface area (Å²) in [6.07, 6.45) is 8.24. The highest BCUT2D eigenvalue weighted by Gasteiger charge is 2.20. The number of hydrogen-bond acceptors (Lipinski definition) is 1. The first-order valence-electron chi connectivity index (χ1n) is 5.38. The Morgan fingerprint density at radius 2 is 2.08 bits per heavy atom. The Labute approximate surface area is 85.8 Å².